The van der Waals surface area contributed by atoms with Crippen LogP contribution in [0.25, 0.3) is 0 Å². The molecule has 0 aliphatic heterocycles. The second-order valence-corrected chi connectivity index (χ2v) is 4.53. The molecular weight excluding hydrogens is 333 g/mol. The predicted molar refractivity (Wildman–Crippen MR) is 63.0 cm³/mol. The van der Waals surface area contributed by atoms with E-state index in [1.807, 2.05) is 0 Å². The second kappa shape index (κ2) is 8.63. The quantitative estimate of drug-likeness (QED) is 0.373. The number of nitrogens with one attached hydrogen (secondary N) is 1. The third kappa shape index (κ3) is 6.78. The fourth-order valence-corrected chi connectivity index (χ4v) is 1.31. The molecule has 0 aromatic rings. The van der Waals surface area contributed by atoms with Gasteiger partial charge in [-0.1, -0.05) is 13.3 Å². The van der Waals surface area contributed by atoms with Gasteiger partial charge in [-0.25, -0.2) is 4.79 Å². The number of hydrogen-bond donors (Lipinski definition) is 1. The Kier molecular flexibility index (Phi) is 7.90. The normalized spacial score (nSPS) is 13.3. The lowest BCUT2D eigenvalue weighted by atomic mass is 10.1. The Bertz CT molecular complexity index is 438. The van der Waals surface area contributed by atoms with E-state index in [0.717, 1.165) is 0 Å². The van der Waals surface area contributed by atoms with Gasteiger partial charge in [-0.15, -0.1) is 0 Å². The summed E-state index contributed by atoms with van der Waals surface area (Å²) in [5.74, 6) is -11.5. The van der Waals surface area contributed by atoms with Crippen molar-refractivity contribution in [1.29, 1.82) is 0 Å². The zero-order valence-corrected chi connectivity index (χ0v) is 12.0. The van der Waals surface area contributed by atoms with E-state index in [1.165, 1.54) is 5.32 Å². The number of rotatable bonds is 9. The van der Waals surface area contributed by atoms with Crippen molar-refractivity contribution in [3.05, 3.63) is 0 Å². The maximum Gasteiger partial charge on any atom is 0.463 e. The lowest BCUT2D eigenvalue weighted by molar-refractivity contribution is -0.305. The van der Waals surface area contributed by atoms with Crippen LogP contribution < -0.4 is 10.4 Å². The van der Waals surface area contributed by atoms with E-state index in [9.17, 15) is 41.4 Å². The van der Waals surface area contributed by atoms with Crippen molar-refractivity contribution in [1.82, 2.24) is 5.32 Å². The summed E-state index contributed by atoms with van der Waals surface area (Å²) in [6, 6.07) is -1.95. The van der Waals surface area contributed by atoms with Crippen molar-refractivity contribution in [2.24, 2.45) is 0 Å². The standard InChI is InChI=1S/C12H16F5NO5/c1-2-3-6-23-9(21)7(4-5-8(19)20)18-10(22)11(13,14)12(15,16)17/h7H,2-6H2,1H3,(H,18,22)(H,19,20)/p-1/t7-/m0/s1. The van der Waals surface area contributed by atoms with E-state index in [0.29, 0.717) is 12.8 Å². The van der Waals surface area contributed by atoms with Gasteiger partial charge in [-0.3, -0.25) is 4.79 Å². The Morgan fingerprint density at radius 3 is 2.17 bits per heavy atom. The molecule has 1 N–H and O–H groups in total. The van der Waals surface area contributed by atoms with Gasteiger partial charge < -0.3 is 20.0 Å². The minimum Gasteiger partial charge on any atom is -0.550 e. The molecule has 23 heavy (non-hydrogen) atoms. The zero-order chi connectivity index (χ0) is 18.3. The molecule has 0 aliphatic carbocycles. The molecule has 11 heteroatoms. The van der Waals surface area contributed by atoms with Crippen LogP contribution in [0, 0.1) is 0 Å². The van der Waals surface area contributed by atoms with E-state index in [-0.39, 0.29) is 6.61 Å². The SMILES string of the molecule is CCCCOC(=O)[C@H](CCC(=O)[O-])NC(=O)C(F)(F)C(F)(F)F. The second-order valence-electron chi connectivity index (χ2n) is 4.53. The Hall–Kier alpha value is -1.94. The van der Waals surface area contributed by atoms with Gasteiger partial charge in [0.2, 0.25) is 0 Å². The Morgan fingerprint density at radius 1 is 1.17 bits per heavy atom. The summed E-state index contributed by atoms with van der Waals surface area (Å²) in [5, 5.41) is 11.5. The van der Waals surface area contributed by atoms with E-state index in [1.54, 1.807) is 6.92 Å². The molecule has 0 heterocycles. The smallest absolute Gasteiger partial charge is 0.463 e. The van der Waals surface area contributed by atoms with Crippen molar-refractivity contribution in [3.8, 4) is 0 Å². The van der Waals surface area contributed by atoms with E-state index in [2.05, 4.69) is 4.74 Å². The maximum atomic E-state index is 12.8. The average Bonchev–Trinajstić information content (AvgIpc) is 2.41. The molecule has 134 valence electrons. The summed E-state index contributed by atoms with van der Waals surface area (Å²) in [5.41, 5.74) is 0. The van der Waals surface area contributed by atoms with Crippen molar-refractivity contribution in [3.63, 3.8) is 0 Å². The van der Waals surface area contributed by atoms with Crippen LogP contribution in [0.1, 0.15) is 32.6 Å². The lowest BCUT2D eigenvalue weighted by Gasteiger charge is -2.23. The van der Waals surface area contributed by atoms with Crippen LogP contribution in [0.15, 0.2) is 0 Å². The van der Waals surface area contributed by atoms with Gasteiger partial charge >= 0.3 is 24.0 Å². The van der Waals surface area contributed by atoms with Crippen LogP contribution >= 0.6 is 0 Å². The zero-order valence-electron chi connectivity index (χ0n) is 12.0. The summed E-state index contributed by atoms with van der Waals surface area (Å²) in [6.45, 7) is 1.59. The van der Waals surface area contributed by atoms with Crippen LogP contribution in [0.3, 0.4) is 0 Å². The molecule has 0 radical (unpaired) electrons. The highest BCUT2D eigenvalue weighted by Crippen LogP contribution is 2.35. The van der Waals surface area contributed by atoms with Crippen LogP contribution in [0.2, 0.25) is 0 Å². The van der Waals surface area contributed by atoms with Crippen molar-refractivity contribution in [2.75, 3.05) is 6.61 Å². The molecule has 6 nitrogen and oxygen atoms in total. The lowest BCUT2D eigenvalue weighted by Crippen LogP contribution is -2.55. The van der Waals surface area contributed by atoms with Crippen molar-refractivity contribution in [2.45, 2.75) is 50.7 Å². The summed E-state index contributed by atoms with van der Waals surface area (Å²) in [6.07, 6.45) is -6.73. The number of carboxylic acid groups (broad SMARTS) is 1. The number of unbranched alkanes of at least 4 members (excludes halogenated alkanes) is 1. The maximum absolute atomic E-state index is 12.8. The fraction of sp³-hybridized carbons (Fsp3) is 0.750. The van der Waals surface area contributed by atoms with Gasteiger partial charge in [-0.2, -0.15) is 22.0 Å². The van der Waals surface area contributed by atoms with Crippen LogP contribution in [-0.2, 0) is 19.1 Å². The number of hydrogen-bond acceptors (Lipinski definition) is 5. The number of carbonyl (C=O) groups excluding carboxylic acids is 3. The van der Waals surface area contributed by atoms with Gasteiger partial charge in [0.15, 0.2) is 0 Å². The van der Waals surface area contributed by atoms with Crippen molar-refractivity contribution < 1.29 is 46.2 Å². The number of aliphatic carboxylic acids is 1. The van der Waals surface area contributed by atoms with Crippen LogP contribution in [-0.4, -0.2) is 42.6 Å². The van der Waals surface area contributed by atoms with E-state index < -0.39 is 48.8 Å². The Balaban J connectivity index is 4.96. The van der Waals surface area contributed by atoms with Gasteiger partial charge in [-0.05, 0) is 19.3 Å². The van der Waals surface area contributed by atoms with Crippen LogP contribution in [0.5, 0.6) is 0 Å². The number of esters is 1. The van der Waals surface area contributed by atoms with Gasteiger partial charge in [0.1, 0.15) is 6.04 Å². The summed E-state index contributed by atoms with van der Waals surface area (Å²) in [4.78, 5) is 32.9. The Morgan fingerprint density at radius 2 is 1.74 bits per heavy atom. The topological polar surface area (TPSA) is 95.5 Å². The first-order chi connectivity index (χ1) is 10.4. The third-order valence-electron chi connectivity index (χ3n) is 2.61. The van der Waals surface area contributed by atoms with Gasteiger partial charge in [0, 0.05) is 5.97 Å². The summed E-state index contributed by atoms with van der Waals surface area (Å²) in [7, 11) is 0. The number of halogens is 5. The van der Waals surface area contributed by atoms with Gasteiger partial charge in [0.05, 0.1) is 6.61 Å². The molecule has 0 bridgehead atoms. The molecular formula is C12H15F5NO5-. The summed E-state index contributed by atoms with van der Waals surface area (Å²) < 4.78 is 66.5. The van der Waals surface area contributed by atoms with Crippen molar-refractivity contribution >= 4 is 17.8 Å². The summed E-state index contributed by atoms with van der Waals surface area (Å²) >= 11 is 0. The number of carboxylic acids is 1. The van der Waals surface area contributed by atoms with E-state index >= 15 is 0 Å². The highest BCUT2D eigenvalue weighted by molar-refractivity contribution is 5.89. The predicted octanol–water partition coefficient (Wildman–Crippen LogP) is 0.542. The molecule has 0 aromatic heterocycles. The molecule has 0 saturated heterocycles. The molecule has 0 spiro atoms. The molecule has 0 unspecified atom stereocenters. The van der Waals surface area contributed by atoms with Crippen LogP contribution in [0.4, 0.5) is 22.0 Å². The molecule has 0 fully saturated rings. The first-order valence-electron chi connectivity index (χ1n) is 6.55. The molecule has 0 saturated carbocycles. The van der Waals surface area contributed by atoms with Gasteiger partial charge in [0.25, 0.3) is 0 Å². The first kappa shape index (κ1) is 21.1. The first-order valence-corrected chi connectivity index (χ1v) is 6.55. The molecule has 0 aliphatic rings. The monoisotopic (exact) mass is 348 g/mol. The average molecular weight is 348 g/mol. The number of alkyl halides is 5. The number of amides is 1. The molecule has 1 amide bonds. The molecule has 0 rings (SSSR count). The largest absolute Gasteiger partial charge is 0.550 e. The number of ether oxygens (including phenoxy) is 1. The third-order valence-corrected chi connectivity index (χ3v) is 2.61. The Labute approximate surface area is 128 Å². The van der Waals surface area contributed by atoms with E-state index in [4.69, 9.17) is 0 Å². The minimum absolute atomic E-state index is 0.150. The minimum atomic E-state index is -6.15. The highest BCUT2D eigenvalue weighted by atomic mass is 19.4. The fourth-order valence-electron chi connectivity index (χ4n) is 1.31. The highest BCUT2D eigenvalue weighted by Gasteiger charge is 2.63. The number of carbonyl (C=O) groups is 3. The molecule has 0 aromatic carbocycles. The molecule has 1 atom stereocenters.